The average Bonchev–Trinajstić information content (AvgIpc) is 2.54. The number of ether oxygens (including phenoxy) is 1. The van der Waals surface area contributed by atoms with Crippen LogP contribution in [0.5, 0.6) is 5.75 Å². The van der Waals surface area contributed by atoms with Crippen molar-refractivity contribution in [2.75, 3.05) is 13.7 Å². The van der Waals surface area contributed by atoms with Gasteiger partial charge in [0.15, 0.2) is 0 Å². The van der Waals surface area contributed by atoms with E-state index in [9.17, 15) is 5.11 Å². The van der Waals surface area contributed by atoms with Crippen LogP contribution in [0, 0.1) is 5.41 Å². The van der Waals surface area contributed by atoms with Crippen molar-refractivity contribution < 1.29 is 9.84 Å². The van der Waals surface area contributed by atoms with Gasteiger partial charge >= 0.3 is 0 Å². The molecule has 0 radical (unpaired) electrons. The molecule has 2 rings (SSSR count). The minimum atomic E-state index is 0.0388. The van der Waals surface area contributed by atoms with Crippen LogP contribution in [0.1, 0.15) is 31.9 Å². The van der Waals surface area contributed by atoms with E-state index in [0.29, 0.717) is 6.61 Å². The number of aliphatic hydroxyl groups is 1. The molecule has 1 aromatic heterocycles. The summed E-state index contributed by atoms with van der Waals surface area (Å²) in [5.41, 5.74) is 2.35. The fraction of sp³-hybridized carbons (Fsp3) is 0.450. The Morgan fingerprint density at radius 1 is 1.04 bits per heavy atom. The summed E-state index contributed by atoms with van der Waals surface area (Å²) in [6.07, 6.45) is 3.54. The van der Waals surface area contributed by atoms with Gasteiger partial charge in [-0.1, -0.05) is 32.9 Å². The molecule has 4 heteroatoms. The molecular weight excluding hydrogens is 300 g/mol. The number of benzene rings is 1. The zero-order valence-electron chi connectivity index (χ0n) is 15.1. The number of aliphatic hydroxyl groups excluding tert-OH is 1. The highest BCUT2D eigenvalue weighted by Crippen LogP contribution is 2.25. The number of nitrogens with zero attached hydrogens (tertiary/aromatic N) is 2. The highest BCUT2D eigenvalue weighted by Gasteiger charge is 2.27. The van der Waals surface area contributed by atoms with Crippen LogP contribution in [-0.4, -0.2) is 34.7 Å². The van der Waals surface area contributed by atoms with Crippen molar-refractivity contribution in [3.63, 3.8) is 0 Å². The predicted molar refractivity (Wildman–Crippen MR) is 96.8 cm³/mol. The highest BCUT2D eigenvalue weighted by atomic mass is 16.5. The molecule has 1 unspecified atom stereocenters. The quantitative estimate of drug-likeness (QED) is 0.845. The molecule has 1 heterocycles. The van der Waals surface area contributed by atoms with Crippen molar-refractivity contribution in [3.8, 4) is 5.75 Å². The summed E-state index contributed by atoms with van der Waals surface area (Å²) in [6, 6.07) is 12.2. The summed E-state index contributed by atoms with van der Waals surface area (Å²) >= 11 is 0. The molecule has 0 aliphatic carbocycles. The van der Waals surface area contributed by atoms with Gasteiger partial charge in [-0.3, -0.25) is 9.88 Å². The van der Waals surface area contributed by atoms with Gasteiger partial charge < -0.3 is 9.84 Å². The van der Waals surface area contributed by atoms with Gasteiger partial charge in [-0.2, -0.15) is 0 Å². The molecule has 0 bridgehead atoms. The first-order valence-electron chi connectivity index (χ1n) is 8.32. The van der Waals surface area contributed by atoms with E-state index in [1.807, 2.05) is 24.3 Å². The molecule has 1 aromatic carbocycles. The highest BCUT2D eigenvalue weighted by molar-refractivity contribution is 5.27. The Hall–Kier alpha value is -1.91. The Morgan fingerprint density at radius 3 is 2.21 bits per heavy atom. The number of aromatic nitrogens is 1. The van der Waals surface area contributed by atoms with Gasteiger partial charge in [0.1, 0.15) is 12.4 Å². The SMILES string of the molecule is CN(Cc1ccc(OCc2ccncc2)cc1)C(CO)C(C)(C)C. The molecule has 4 nitrogen and oxygen atoms in total. The van der Waals surface area contributed by atoms with Crippen LogP contribution in [-0.2, 0) is 13.2 Å². The molecule has 0 saturated carbocycles. The molecule has 0 fully saturated rings. The van der Waals surface area contributed by atoms with Gasteiger partial charge in [0.2, 0.25) is 0 Å². The average molecular weight is 328 g/mol. The van der Waals surface area contributed by atoms with Gasteiger partial charge in [-0.15, -0.1) is 0 Å². The van der Waals surface area contributed by atoms with Crippen molar-refractivity contribution in [2.24, 2.45) is 5.41 Å². The maximum Gasteiger partial charge on any atom is 0.119 e. The number of hydrogen-bond acceptors (Lipinski definition) is 4. The Morgan fingerprint density at radius 2 is 1.67 bits per heavy atom. The molecule has 0 spiro atoms. The molecule has 24 heavy (non-hydrogen) atoms. The van der Waals surface area contributed by atoms with Crippen LogP contribution in [0.3, 0.4) is 0 Å². The van der Waals surface area contributed by atoms with Gasteiger partial charge in [0.25, 0.3) is 0 Å². The van der Waals surface area contributed by atoms with Crippen LogP contribution >= 0.6 is 0 Å². The molecule has 0 amide bonds. The van der Waals surface area contributed by atoms with E-state index in [1.54, 1.807) is 12.4 Å². The second-order valence-corrected chi connectivity index (χ2v) is 7.27. The minimum Gasteiger partial charge on any atom is -0.489 e. The summed E-state index contributed by atoms with van der Waals surface area (Å²) in [5.74, 6) is 0.854. The Balaban J connectivity index is 1.92. The molecular formula is C20H28N2O2. The summed E-state index contributed by atoms with van der Waals surface area (Å²) < 4.78 is 5.79. The van der Waals surface area contributed by atoms with E-state index in [2.05, 4.69) is 49.8 Å². The Bertz CT molecular complexity index is 606. The largest absolute Gasteiger partial charge is 0.489 e. The lowest BCUT2D eigenvalue weighted by atomic mass is 9.86. The molecule has 0 aliphatic rings. The summed E-state index contributed by atoms with van der Waals surface area (Å²) in [6.45, 7) is 7.96. The predicted octanol–water partition coefficient (Wildman–Crippen LogP) is 3.50. The van der Waals surface area contributed by atoms with Crippen molar-refractivity contribution in [3.05, 3.63) is 59.9 Å². The fourth-order valence-corrected chi connectivity index (χ4v) is 2.81. The molecule has 1 atom stereocenters. The van der Waals surface area contributed by atoms with Crippen LogP contribution in [0.15, 0.2) is 48.8 Å². The zero-order valence-corrected chi connectivity index (χ0v) is 15.1. The monoisotopic (exact) mass is 328 g/mol. The number of pyridine rings is 1. The maximum atomic E-state index is 9.67. The molecule has 0 aliphatic heterocycles. The normalized spacial score (nSPS) is 13.1. The molecule has 2 aromatic rings. The van der Waals surface area contributed by atoms with E-state index in [0.717, 1.165) is 17.9 Å². The van der Waals surface area contributed by atoms with Crippen LogP contribution < -0.4 is 4.74 Å². The van der Waals surface area contributed by atoms with Crippen molar-refractivity contribution >= 4 is 0 Å². The number of hydrogen-bond donors (Lipinski definition) is 1. The van der Waals surface area contributed by atoms with E-state index in [4.69, 9.17) is 4.74 Å². The van der Waals surface area contributed by atoms with E-state index in [1.165, 1.54) is 5.56 Å². The topological polar surface area (TPSA) is 45.6 Å². The number of rotatable bonds is 7. The molecule has 130 valence electrons. The van der Waals surface area contributed by atoms with Gasteiger partial charge in [-0.05, 0) is 47.9 Å². The van der Waals surface area contributed by atoms with Crippen LogP contribution in [0.4, 0.5) is 0 Å². The lowest BCUT2D eigenvalue weighted by Crippen LogP contribution is -2.43. The van der Waals surface area contributed by atoms with Crippen LogP contribution in [0.25, 0.3) is 0 Å². The summed E-state index contributed by atoms with van der Waals surface area (Å²) in [5, 5.41) is 9.67. The first-order chi connectivity index (χ1) is 11.4. The Labute approximate surface area is 145 Å². The van der Waals surface area contributed by atoms with E-state index < -0.39 is 0 Å². The second kappa shape index (κ2) is 8.27. The lowest BCUT2D eigenvalue weighted by Gasteiger charge is -2.36. The summed E-state index contributed by atoms with van der Waals surface area (Å²) in [4.78, 5) is 6.20. The first kappa shape index (κ1) is 18.4. The van der Waals surface area contributed by atoms with Gasteiger partial charge in [0, 0.05) is 25.0 Å². The van der Waals surface area contributed by atoms with Crippen molar-refractivity contribution in [1.82, 2.24) is 9.88 Å². The lowest BCUT2D eigenvalue weighted by molar-refractivity contribution is 0.0614. The van der Waals surface area contributed by atoms with E-state index >= 15 is 0 Å². The molecule has 0 saturated heterocycles. The number of likely N-dealkylation sites (N-methyl/N-ethyl adjacent to an activating group) is 1. The van der Waals surface area contributed by atoms with Gasteiger partial charge in [0.05, 0.1) is 6.61 Å². The Kier molecular flexibility index (Phi) is 6.35. The molecule has 1 N–H and O–H groups in total. The first-order valence-corrected chi connectivity index (χ1v) is 8.32. The van der Waals surface area contributed by atoms with E-state index in [-0.39, 0.29) is 18.1 Å². The maximum absolute atomic E-state index is 9.67. The third-order valence-electron chi connectivity index (χ3n) is 4.21. The second-order valence-electron chi connectivity index (χ2n) is 7.27. The van der Waals surface area contributed by atoms with Crippen LogP contribution in [0.2, 0.25) is 0 Å². The third-order valence-corrected chi connectivity index (χ3v) is 4.21. The van der Waals surface area contributed by atoms with Crippen molar-refractivity contribution in [1.29, 1.82) is 0 Å². The standard InChI is InChI=1S/C20H28N2O2/c1-20(2,3)19(14-23)22(4)13-16-5-7-18(8-6-16)24-15-17-9-11-21-12-10-17/h5-12,19,23H,13-15H2,1-4H3. The van der Waals surface area contributed by atoms with Crippen molar-refractivity contribution in [2.45, 2.75) is 40.0 Å². The summed E-state index contributed by atoms with van der Waals surface area (Å²) in [7, 11) is 2.06. The zero-order chi connectivity index (χ0) is 17.6. The smallest absolute Gasteiger partial charge is 0.119 e. The minimum absolute atomic E-state index is 0.0388. The third kappa shape index (κ3) is 5.32. The fourth-order valence-electron chi connectivity index (χ4n) is 2.81. The van der Waals surface area contributed by atoms with Gasteiger partial charge in [-0.25, -0.2) is 0 Å².